The summed E-state index contributed by atoms with van der Waals surface area (Å²) in [6.45, 7) is 0. The molecule has 1 amide bonds. The van der Waals surface area contributed by atoms with Crippen molar-refractivity contribution in [3.05, 3.63) is 64.7 Å². The van der Waals surface area contributed by atoms with Crippen LogP contribution in [-0.4, -0.2) is 5.91 Å². The molecule has 2 aromatic carbocycles. The lowest BCUT2D eigenvalue weighted by atomic mass is 10.0. The Labute approximate surface area is 121 Å². The van der Waals surface area contributed by atoms with E-state index in [-0.39, 0.29) is 0 Å². The maximum absolute atomic E-state index is 11.6. The lowest BCUT2D eigenvalue weighted by molar-refractivity contribution is -0.118. The summed E-state index contributed by atoms with van der Waals surface area (Å²) in [5, 5.41) is 12.4. The van der Waals surface area contributed by atoms with Crippen LogP contribution in [0.15, 0.2) is 48.5 Å². The zero-order valence-corrected chi connectivity index (χ0v) is 11.3. The van der Waals surface area contributed by atoms with Crippen LogP contribution in [0.5, 0.6) is 0 Å². The van der Waals surface area contributed by atoms with Crippen LogP contribution in [-0.2, 0) is 4.79 Å². The van der Waals surface area contributed by atoms with Crippen molar-refractivity contribution in [2.45, 2.75) is 6.04 Å². The van der Waals surface area contributed by atoms with Crippen LogP contribution in [0.1, 0.15) is 17.2 Å². The molecule has 0 aliphatic carbocycles. The zero-order chi connectivity index (χ0) is 14.5. The Morgan fingerprint density at radius 3 is 2.50 bits per heavy atom. The molecule has 2 aromatic rings. The summed E-state index contributed by atoms with van der Waals surface area (Å²) in [5.74, 6) is -0.505. The predicted octanol–water partition coefficient (Wildman–Crippen LogP) is 2.85. The van der Waals surface area contributed by atoms with E-state index in [0.717, 1.165) is 0 Å². The summed E-state index contributed by atoms with van der Waals surface area (Å²) in [7, 11) is 0. The van der Waals surface area contributed by atoms with Gasteiger partial charge in [0.2, 0.25) is 5.91 Å². The van der Waals surface area contributed by atoms with Crippen molar-refractivity contribution >= 4 is 23.2 Å². The first-order valence-electron chi connectivity index (χ1n) is 5.91. The molecule has 0 spiro atoms. The number of hydrogen-bond donors (Lipinski definition) is 2. The van der Waals surface area contributed by atoms with Gasteiger partial charge in [-0.25, -0.2) is 0 Å². The molecule has 0 saturated carbocycles. The Bertz CT molecular complexity index is 662. The van der Waals surface area contributed by atoms with Crippen molar-refractivity contribution in [1.82, 2.24) is 0 Å². The minimum absolute atomic E-state index is 0.505. The van der Waals surface area contributed by atoms with E-state index < -0.39 is 11.9 Å². The van der Waals surface area contributed by atoms with Gasteiger partial charge in [-0.2, -0.15) is 5.26 Å². The van der Waals surface area contributed by atoms with Gasteiger partial charge in [-0.15, -0.1) is 0 Å². The average Bonchev–Trinajstić information content (AvgIpc) is 2.45. The lowest BCUT2D eigenvalue weighted by Crippen LogP contribution is -2.27. The minimum Gasteiger partial charge on any atom is -0.370 e. The van der Waals surface area contributed by atoms with E-state index in [1.165, 1.54) is 0 Å². The quantitative estimate of drug-likeness (QED) is 0.906. The Morgan fingerprint density at radius 1 is 1.25 bits per heavy atom. The molecular weight excluding hydrogens is 274 g/mol. The molecule has 2 rings (SSSR count). The molecule has 20 heavy (non-hydrogen) atoms. The number of nitrogens with one attached hydrogen (secondary N) is 1. The molecule has 3 N–H and O–H groups in total. The highest BCUT2D eigenvalue weighted by atomic mass is 35.5. The van der Waals surface area contributed by atoms with Crippen LogP contribution in [0.2, 0.25) is 5.02 Å². The first kappa shape index (κ1) is 13.9. The number of rotatable bonds is 4. The SMILES string of the molecule is N#Cc1ccc(C(Nc2cccc(Cl)c2)C(N)=O)cc1. The number of amides is 1. The zero-order valence-electron chi connectivity index (χ0n) is 10.5. The van der Waals surface area contributed by atoms with Gasteiger partial charge in [0.1, 0.15) is 6.04 Å². The highest BCUT2D eigenvalue weighted by Crippen LogP contribution is 2.22. The summed E-state index contributed by atoms with van der Waals surface area (Å²) >= 11 is 5.90. The molecule has 0 heterocycles. The van der Waals surface area contributed by atoms with Gasteiger partial charge in [-0.1, -0.05) is 29.8 Å². The fourth-order valence-electron chi connectivity index (χ4n) is 1.81. The second kappa shape index (κ2) is 6.09. The minimum atomic E-state index is -0.679. The van der Waals surface area contributed by atoms with Crippen molar-refractivity contribution in [2.75, 3.05) is 5.32 Å². The van der Waals surface area contributed by atoms with Crippen molar-refractivity contribution in [2.24, 2.45) is 5.73 Å². The largest absolute Gasteiger partial charge is 0.370 e. The van der Waals surface area contributed by atoms with Crippen LogP contribution < -0.4 is 11.1 Å². The van der Waals surface area contributed by atoms with E-state index in [1.807, 2.05) is 6.07 Å². The predicted molar refractivity (Wildman–Crippen MR) is 78.2 cm³/mol. The van der Waals surface area contributed by atoms with Gasteiger partial charge in [0, 0.05) is 10.7 Å². The summed E-state index contributed by atoms with van der Waals surface area (Å²) < 4.78 is 0. The van der Waals surface area contributed by atoms with Gasteiger partial charge in [0.25, 0.3) is 0 Å². The Morgan fingerprint density at radius 2 is 1.95 bits per heavy atom. The van der Waals surface area contributed by atoms with E-state index in [2.05, 4.69) is 5.32 Å². The molecule has 5 heteroatoms. The highest BCUT2D eigenvalue weighted by molar-refractivity contribution is 6.30. The molecule has 1 atom stereocenters. The van der Waals surface area contributed by atoms with Gasteiger partial charge in [-0.05, 0) is 35.9 Å². The molecule has 0 aliphatic heterocycles. The van der Waals surface area contributed by atoms with Crippen molar-refractivity contribution in [3.63, 3.8) is 0 Å². The van der Waals surface area contributed by atoms with Crippen LogP contribution in [0.4, 0.5) is 5.69 Å². The maximum Gasteiger partial charge on any atom is 0.244 e. The summed E-state index contributed by atoms with van der Waals surface area (Å²) in [5.41, 5.74) is 7.34. The van der Waals surface area contributed by atoms with Gasteiger partial charge in [-0.3, -0.25) is 4.79 Å². The van der Waals surface area contributed by atoms with Gasteiger partial charge in [0.05, 0.1) is 11.6 Å². The lowest BCUT2D eigenvalue weighted by Gasteiger charge is -2.17. The molecule has 0 bridgehead atoms. The molecule has 100 valence electrons. The molecule has 1 unspecified atom stereocenters. The summed E-state index contributed by atoms with van der Waals surface area (Å²) in [6, 6.07) is 15.1. The monoisotopic (exact) mass is 285 g/mol. The van der Waals surface area contributed by atoms with Crippen molar-refractivity contribution in [3.8, 4) is 6.07 Å². The Balaban J connectivity index is 2.27. The molecule has 0 aliphatic rings. The third-order valence-electron chi connectivity index (χ3n) is 2.79. The number of nitriles is 1. The fourth-order valence-corrected chi connectivity index (χ4v) is 2.00. The number of nitrogens with two attached hydrogens (primary N) is 1. The van der Waals surface area contributed by atoms with Crippen molar-refractivity contribution in [1.29, 1.82) is 5.26 Å². The molecule has 4 nitrogen and oxygen atoms in total. The number of halogens is 1. The fraction of sp³-hybridized carbons (Fsp3) is 0.0667. The number of carbonyl (C=O) groups is 1. The van der Waals surface area contributed by atoms with E-state index in [0.29, 0.717) is 21.8 Å². The number of hydrogen-bond acceptors (Lipinski definition) is 3. The Hall–Kier alpha value is -2.51. The van der Waals surface area contributed by atoms with Gasteiger partial charge < -0.3 is 11.1 Å². The van der Waals surface area contributed by atoms with Gasteiger partial charge >= 0.3 is 0 Å². The van der Waals surface area contributed by atoms with Crippen LogP contribution in [0.3, 0.4) is 0 Å². The van der Waals surface area contributed by atoms with Crippen molar-refractivity contribution < 1.29 is 4.79 Å². The third-order valence-corrected chi connectivity index (χ3v) is 3.03. The molecule has 0 saturated heterocycles. The van der Waals surface area contributed by atoms with Crippen LogP contribution >= 0.6 is 11.6 Å². The topological polar surface area (TPSA) is 78.9 Å². The third kappa shape index (κ3) is 3.28. The molecule has 0 fully saturated rings. The van der Waals surface area contributed by atoms with E-state index in [4.69, 9.17) is 22.6 Å². The second-order valence-corrected chi connectivity index (χ2v) is 4.66. The van der Waals surface area contributed by atoms with Crippen LogP contribution in [0, 0.1) is 11.3 Å². The first-order valence-corrected chi connectivity index (χ1v) is 6.29. The number of benzene rings is 2. The second-order valence-electron chi connectivity index (χ2n) is 4.22. The number of carbonyl (C=O) groups excluding carboxylic acids is 1. The van der Waals surface area contributed by atoms with E-state index in [9.17, 15) is 4.79 Å². The normalized spacial score (nSPS) is 11.4. The van der Waals surface area contributed by atoms with E-state index in [1.54, 1.807) is 48.5 Å². The molecule has 0 aromatic heterocycles. The summed E-state index contributed by atoms with van der Waals surface area (Å²) in [4.78, 5) is 11.6. The number of nitrogens with zero attached hydrogens (tertiary/aromatic N) is 1. The first-order chi connectivity index (χ1) is 9.60. The van der Waals surface area contributed by atoms with Crippen LogP contribution in [0.25, 0.3) is 0 Å². The average molecular weight is 286 g/mol. The molecular formula is C15H12ClN3O. The van der Waals surface area contributed by atoms with E-state index >= 15 is 0 Å². The standard InChI is InChI=1S/C15H12ClN3O/c16-12-2-1-3-13(8-12)19-14(15(18)20)11-6-4-10(9-17)5-7-11/h1-8,14,19H,(H2,18,20). The number of anilines is 1. The smallest absolute Gasteiger partial charge is 0.244 e. The van der Waals surface area contributed by atoms with Gasteiger partial charge in [0.15, 0.2) is 0 Å². The maximum atomic E-state index is 11.6. The Kier molecular flexibility index (Phi) is 4.24. The summed E-state index contributed by atoms with van der Waals surface area (Å²) in [6.07, 6.45) is 0. The number of primary amides is 1. The highest BCUT2D eigenvalue weighted by Gasteiger charge is 2.17. The molecule has 0 radical (unpaired) electrons.